The second kappa shape index (κ2) is 12.7. The van der Waals surface area contributed by atoms with Crippen molar-refractivity contribution in [3.05, 3.63) is 75.0 Å². The molecule has 1 saturated carbocycles. The van der Waals surface area contributed by atoms with E-state index >= 15 is 0 Å². The zero-order valence-corrected chi connectivity index (χ0v) is 17.1. The molecule has 0 spiro atoms. The fourth-order valence-electron chi connectivity index (χ4n) is 2.69. The van der Waals surface area contributed by atoms with Crippen LogP contribution in [-0.2, 0) is 21.1 Å². The van der Waals surface area contributed by atoms with Gasteiger partial charge in [-0.15, -0.1) is 0 Å². The van der Waals surface area contributed by atoms with Gasteiger partial charge in [0, 0.05) is 24.8 Å². The molecule has 0 aliphatic heterocycles. The summed E-state index contributed by atoms with van der Waals surface area (Å²) in [7, 11) is 0. The normalized spacial score (nSPS) is 19.7. The van der Waals surface area contributed by atoms with Gasteiger partial charge >= 0.3 is 21.1 Å². The Balaban J connectivity index is 0.00000192. The quantitative estimate of drug-likeness (QED) is 0.451. The Morgan fingerprint density at radius 1 is 0.760 bits per heavy atom. The topological polar surface area (TPSA) is 50.5 Å². The third kappa shape index (κ3) is 7.39. The fourth-order valence-corrected chi connectivity index (χ4v) is 2.69. The summed E-state index contributed by atoms with van der Waals surface area (Å²) in [6.45, 7) is 0. The van der Waals surface area contributed by atoms with Gasteiger partial charge in [-0.25, -0.2) is 0 Å². The van der Waals surface area contributed by atoms with Gasteiger partial charge in [-0.05, 0) is 37.1 Å². The van der Waals surface area contributed by atoms with Crippen molar-refractivity contribution in [2.45, 2.75) is 37.8 Å². The number of aromatic nitrogens is 2. The average molecular weight is 518 g/mol. The Hall–Kier alpha value is -1.67. The molecule has 1 fully saturated rings. The third-order valence-electron chi connectivity index (χ3n) is 3.87. The molecular formula is C20H26N4Pt. The number of nitrogens with zero attached hydrogens (tertiary/aromatic N) is 4. The number of rotatable bonds is 4. The van der Waals surface area contributed by atoms with Gasteiger partial charge in [-0.3, -0.25) is 20.0 Å². The summed E-state index contributed by atoms with van der Waals surface area (Å²) >= 11 is 0. The molecule has 25 heavy (non-hydrogen) atoms. The van der Waals surface area contributed by atoms with Crippen LogP contribution in [0.3, 0.4) is 0 Å². The van der Waals surface area contributed by atoms with E-state index in [0.717, 1.165) is 24.2 Å². The van der Waals surface area contributed by atoms with Gasteiger partial charge < -0.3 is 14.9 Å². The van der Waals surface area contributed by atoms with E-state index in [9.17, 15) is 0 Å². The number of aliphatic imine (C=N–C) groups is 2. The van der Waals surface area contributed by atoms with Crippen LogP contribution in [0.15, 0.2) is 58.8 Å². The van der Waals surface area contributed by atoms with E-state index in [1.165, 1.54) is 12.8 Å². The molecule has 0 aromatic carbocycles. The Morgan fingerprint density at radius 3 is 1.56 bits per heavy atom. The van der Waals surface area contributed by atoms with Crippen molar-refractivity contribution >= 4 is 12.4 Å². The van der Waals surface area contributed by atoms with Crippen molar-refractivity contribution in [2.24, 2.45) is 9.98 Å². The predicted octanol–water partition coefficient (Wildman–Crippen LogP) is 4.22. The van der Waals surface area contributed by atoms with Crippen LogP contribution in [0.2, 0.25) is 0 Å². The molecule has 0 amide bonds. The molecule has 2 heterocycles. The third-order valence-corrected chi connectivity index (χ3v) is 3.87. The molecule has 3 rings (SSSR count). The van der Waals surface area contributed by atoms with Crippen LogP contribution in [0.5, 0.6) is 0 Å². The van der Waals surface area contributed by atoms with E-state index < -0.39 is 0 Å². The van der Waals surface area contributed by atoms with E-state index in [2.05, 4.69) is 9.97 Å². The zero-order valence-electron chi connectivity index (χ0n) is 14.9. The van der Waals surface area contributed by atoms with E-state index in [-0.39, 0.29) is 48.0 Å². The Bertz CT molecular complexity index is 571. The second-order valence-electron chi connectivity index (χ2n) is 5.48. The summed E-state index contributed by atoms with van der Waals surface area (Å²) in [4.78, 5) is 18.0. The first-order valence-corrected chi connectivity index (χ1v) is 7.80. The molecule has 5 heteroatoms. The minimum absolute atomic E-state index is 0. The maximum atomic E-state index is 4.73. The maximum absolute atomic E-state index is 4.73. The predicted molar refractivity (Wildman–Crippen MR) is 103 cm³/mol. The van der Waals surface area contributed by atoms with Crippen molar-refractivity contribution in [1.29, 1.82) is 0 Å². The van der Waals surface area contributed by atoms with E-state index in [0.29, 0.717) is 0 Å². The number of hydrogen-bond donors (Lipinski definition) is 0. The summed E-state index contributed by atoms with van der Waals surface area (Å²) in [6.07, 6.45) is 12.0. The molecule has 4 nitrogen and oxygen atoms in total. The van der Waals surface area contributed by atoms with Crippen LogP contribution >= 0.6 is 0 Å². The molecule has 0 unspecified atom stereocenters. The SMILES string of the molecule is C(=N[C@H]1CCCC[C@H]1N=Cc1ccccn1)c1ccccn1.[CH3-].[CH3-].[Pt+2]. The Kier molecular flexibility index (Phi) is 11.8. The van der Waals surface area contributed by atoms with Crippen LogP contribution in [0.1, 0.15) is 37.1 Å². The van der Waals surface area contributed by atoms with Crippen molar-refractivity contribution in [3.63, 3.8) is 0 Å². The Morgan fingerprint density at radius 2 is 1.20 bits per heavy atom. The van der Waals surface area contributed by atoms with E-state index in [1.54, 1.807) is 12.4 Å². The van der Waals surface area contributed by atoms with Gasteiger partial charge in [0.2, 0.25) is 0 Å². The summed E-state index contributed by atoms with van der Waals surface area (Å²) in [6, 6.07) is 12.2. The molecule has 0 N–H and O–H groups in total. The molecule has 2 atom stereocenters. The maximum Gasteiger partial charge on any atom is 2.00 e. The van der Waals surface area contributed by atoms with Crippen molar-refractivity contribution in [3.8, 4) is 0 Å². The van der Waals surface area contributed by atoms with Crippen LogP contribution in [0.4, 0.5) is 0 Å². The zero-order chi connectivity index (χ0) is 15.0. The second-order valence-corrected chi connectivity index (χ2v) is 5.48. The molecule has 1 aliphatic rings. The van der Waals surface area contributed by atoms with Crippen LogP contribution in [-0.4, -0.2) is 34.5 Å². The summed E-state index contributed by atoms with van der Waals surface area (Å²) in [5, 5.41) is 0. The largest absolute Gasteiger partial charge is 2.00 e. The molecule has 0 radical (unpaired) electrons. The van der Waals surface area contributed by atoms with Crippen molar-refractivity contribution in [1.82, 2.24) is 9.97 Å². The summed E-state index contributed by atoms with van der Waals surface area (Å²) in [5.74, 6) is 0. The molecule has 0 bridgehead atoms. The van der Waals surface area contributed by atoms with Crippen LogP contribution in [0, 0.1) is 14.9 Å². The van der Waals surface area contributed by atoms with Crippen LogP contribution < -0.4 is 0 Å². The summed E-state index contributed by atoms with van der Waals surface area (Å²) < 4.78 is 0. The number of pyridine rings is 2. The standard InChI is InChI=1S/C18H20N4.2CH3.Pt/c1-2-10-18(22-14-16-8-4-6-12-20-16)17(9-1)21-13-15-7-3-5-11-19-15;;;/h3-8,11-14,17-18H,1-2,9-10H2;2*1H3;/q;2*-1;+2/t17-,18+;;;. The molecular weight excluding hydrogens is 491 g/mol. The van der Waals surface area contributed by atoms with Gasteiger partial charge in [-0.2, -0.15) is 0 Å². The first kappa shape index (κ1) is 23.3. The van der Waals surface area contributed by atoms with Gasteiger partial charge in [0.25, 0.3) is 0 Å². The number of hydrogen-bond acceptors (Lipinski definition) is 4. The van der Waals surface area contributed by atoms with Gasteiger partial charge in [0.1, 0.15) is 0 Å². The van der Waals surface area contributed by atoms with Gasteiger partial charge in [0.05, 0.1) is 23.5 Å². The van der Waals surface area contributed by atoms with E-state index in [4.69, 9.17) is 9.98 Å². The summed E-state index contributed by atoms with van der Waals surface area (Å²) in [5.41, 5.74) is 1.81. The molecule has 0 saturated heterocycles. The average Bonchev–Trinajstić information content (AvgIpc) is 2.61. The van der Waals surface area contributed by atoms with Crippen molar-refractivity contribution in [2.75, 3.05) is 0 Å². The minimum atomic E-state index is 0. The van der Waals surface area contributed by atoms with E-state index in [1.807, 2.05) is 48.8 Å². The fraction of sp³-hybridized carbons (Fsp3) is 0.300. The minimum Gasteiger partial charge on any atom is -0.358 e. The molecule has 136 valence electrons. The van der Waals surface area contributed by atoms with Gasteiger partial charge in [-0.1, -0.05) is 25.0 Å². The van der Waals surface area contributed by atoms with Gasteiger partial charge in [0.15, 0.2) is 0 Å². The first-order valence-electron chi connectivity index (χ1n) is 7.80. The monoisotopic (exact) mass is 517 g/mol. The molecule has 2 aromatic rings. The smallest absolute Gasteiger partial charge is 0.358 e. The first-order chi connectivity index (χ1) is 10.9. The van der Waals surface area contributed by atoms with Crippen LogP contribution in [0.25, 0.3) is 0 Å². The Labute approximate surface area is 166 Å². The molecule has 1 aliphatic carbocycles. The van der Waals surface area contributed by atoms with Crippen molar-refractivity contribution < 1.29 is 21.1 Å². The molecule has 2 aromatic heterocycles.